The van der Waals surface area contributed by atoms with Gasteiger partial charge in [-0.1, -0.05) is 53.0 Å². The van der Waals surface area contributed by atoms with Gasteiger partial charge in [-0.25, -0.2) is 0 Å². The maximum absolute atomic E-state index is 12.6. The fourth-order valence-corrected chi connectivity index (χ4v) is 3.63. The van der Waals surface area contributed by atoms with Crippen molar-refractivity contribution >= 4 is 46.4 Å². The molecule has 0 spiro atoms. The number of rotatable bonds is 7. The summed E-state index contributed by atoms with van der Waals surface area (Å²) in [7, 11) is 0. The van der Waals surface area contributed by atoms with E-state index >= 15 is 0 Å². The van der Waals surface area contributed by atoms with Crippen LogP contribution in [0.15, 0.2) is 59.2 Å². The van der Waals surface area contributed by atoms with Gasteiger partial charge in [-0.05, 0) is 30.3 Å². The molecule has 0 radical (unpaired) electrons. The first-order chi connectivity index (χ1) is 13.4. The van der Waals surface area contributed by atoms with Crippen LogP contribution < -0.4 is 5.32 Å². The number of phenolic OH excluding ortho intramolecular Hbond substituents is 1. The molecule has 0 aliphatic heterocycles. The standard InChI is InChI=1S/C20H17Cl3N2O3/c21-14-8-16(22)20(17(23)9-14)24-19(27)12-25(11-15-5-3-7-28-15)10-13-4-1-2-6-18(13)26/h1-9,26H,10-12H2,(H,24,27). The number of nitrogens with zero attached hydrogens (tertiary/aromatic N) is 1. The number of hydrogen-bond donors (Lipinski definition) is 2. The Bertz CT molecular complexity index is 938. The van der Waals surface area contributed by atoms with Gasteiger partial charge in [0.05, 0.1) is 35.1 Å². The van der Waals surface area contributed by atoms with E-state index in [0.29, 0.717) is 35.1 Å². The van der Waals surface area contributed by atoms with Crippen molar-refractivity contribution in [1.29, 1.82) is 0 Å². The summed E-state index contributed by atoms with van der Waals surface area (Å²) in [6, 6.07) is 13.6. The highest BCUT2D eigenvalue weighted by Gasteiger charge is 2.17. The van der Waals surface area contributed by atoms with E-state index in [-0.39, 0.29) is 28.2 Å². The molecule has 0 saturated heterocycles. The minimum absolute atomic E-state index is 0.0321. The Kier molecular flexibility index (Phi) is 6.86. The van der Waals surface area contributed by atoms with Gasteiger partial charge in [0.2, 0.25) is 5.91 Å². The molecule has 0 aliphatic carbocycles. The van der Waals surface area contributed by atoms with Crippen molar-refractivity contribution in [3.8, 4) is 5.75 Å². The van der Waals surface area contributed by atoms with E-state index in [4.69, 9.17) is 39.2 Å². The lowest BCUT2D eigenvalue weighted by Gasteiger charge is -2.21. The second-order valence-electron chi connectivity index (χ2n) is 6.15. The van der Waals surface area contributed by atoms with Crippen LogP contribution in [0.2, 0.25) is 15.1 Å². The highest BCUT2D eigenvalue weighted by molar-refractivity contribution is 6.42. The van der Waals surface area contributed by atoms with E-state index in [9.17, 15) is 9.90 Å². The first-order valence-electron chi connectivity index (χ1n) is 8.38. The molecule has 2 aromatic carbocycles. The van der Waals surface area contributed by atoms with Crippen molar-refractivity contribution in [2.24, 2.45) is 0 Å². The zero-order chi connectivity index (χ0) is 20.1. The third-order valence-electron chi connectivity index (χ3n) is 3.98. The van der Waals surface area contributed by atoms with Crippen LogP contribution in [0.4, 0.5) is 5.69 Å². The third kappa shape index (κ3) is 5.42. The lowest BCUT2D eigenvalue weighted by Crippen LogP contribution is -2.32. The van der Waals surface area contributed by atoms with Gasteiger partial charge < -0.3 is 14.8 Å². The summed E-state index contributed by atoms with van der Waals surface area (Å²) >= 11 is 18.2. The molecule has 0 fully saturated rings. The fraction of sp³-hybridized carbons (Fsp3) is 0.150. The number of nitrogens with one attached hydrogen (secondary N) is 1. The summed E-state index contributed by atoms with van der Waals surface area (Å²) in [4.78, 5) is 14.5. The van der Waals surface area contributed by atoms with Crippen molar-refractivity contribution in [3.63, 3.8) is 0 Å². The van der Waals surface area contributed by atoms with E-state index in [1.807, 2.05) is 17.0 Å². The van der Waals surface area contributed by atoms with Gasteiger partial charge in [0, 0.05) is 17.1 Å². The predicted molar refractivity (Wildman–Crippen MR) is 111 cm³/mol. The Morgan fingerprint density at radius 1 is 1.04 bits per heavy atom. The average Bonchev–Trinajstić information content (AvgIpc) is 3.13. The minimum atomic E-state index is -0.312. The Labute approximate surface area is 177 Å². The second kappa shape index (κ2) is 9.34. The molecule has 3 rings (SSSR count). The number of halogens is 3. The lowest BCUT2D eigenvalue weighted by atomic mass is 10.2. The number of amides is 1. The highest BCUT2D eigenvalue weighted by Crippen LogP contribution is 2.33. The lowest BCUT2D eigenvalue weighted by molar-refractivity contribution is -0.117. The summed E-state index contributed by atoms with van der Waals surface area (Å²) in [6.07, 6.45) is 1.57. The van der Waals surface area contributed by atoms with E-state index in [1.165, 1.54) is 12.1 Å². The van der Waals surface area contributed by atoms with Crippen LogP contribution in [0.1, 0.15) is 11.3 Å². The predicted octanol–water partition coefficient (Wildman–Crippen LogP) is 5.59. The number of hydrogen-bond acceptors (Lipinski definition) is 4. The summed E-state index contributed by atoms with van der Waals surface area (Å²) in [5, 5.41) is 13.7. The monoisotopic (exact) mass is 438 g/mol. The summed E-state index contributed by atoms with van der Waals surface area (Å²) in [5.74, 6) is 0.551. The molecule has 0 unspecified atom stereocenters. The quantitative estimate of drug-likeness (QED) is 0.504. The Hall–Kier alpha value is -2.18. The number of para-hydroxylation sites is 1. The number of carbonyl (C=O) groups is 1. The van der Waals surface area contributed by atoms with Gasteiger partial charge in [-0.3, -0.25) is 9.69 Å². The molecule has 1 amide bonds. The zero-order valence-electron chi connectivity index (χ0n) is 14.7. The first-order valence-corrected chi connectivity index (χ1v) is 9.52. The summed E-state index contributed by atoms with van der Waals surface area (Å²) in [6.45, 7) is 0.768. The van der Waals surface area contributed by atoms with E-state index in [2.05, 4.69) is 5.32 Å². The Morgan fingerprint density at radius 3 is 2.39 bits per heavy atom. The normalized spacial score (nSPS) is 11.0. The number of carbonyl (C=O) groups excluding carboxylic acids is 1. The SMILES string of the molecule is O=C(CN(Cc1ccco1)Cc1ccccc1O)Nc1c(Cl)cc(Cl)cc1Cl. The molecule has 0 atom stereocenters. The van der Waals surface area contributed by atoms with Crippen molar-refractivity contribution in [3.05, 3.63) is 81.2 Å². The number of furan rings is 1. The first kappa shape index (κ1) is 20.6. The van der Waals surface area contributed by atoms with Crippen LogP contribution in [-0.2, 0) is 17.9 Å². The maximum atomic E-state index is 12.6. The molecule has 0 bridgehead atoms. The van der Waals surface area contributed by atoms with Crippen molar-refractivity contribution in [2.45, 2.75) is 13.1 Å². The third-order valence-corrected chi connectivity index (χ3v) is 4.80. The topological polar surface area (TPSA) is 65.7 Å². The molecule has 2 N–H and O–H groups in total. The van der Waals surface area contributed by atoms with Gasteiger partial charge in [0.25, 0.3) is 0 Å². The maximum Gasteiger partial charge on any atom is 0.238 e. The molecule has 0 aliphatic rings. The second-order valence-corrected chi connectivity index (χ2v) is 7.40. The molecule has 28 heavy (non-hydrogen) atoms. The zero-order valence-corrected chi connectivity index (χ0v) is 16.9. The van der Waals surface area contributed by atoms with Gasteiger partial charge in [-0.2, -0.15) is 0 Å². The van der Waals surface area contributed by atoms with Crippen LogP contribution in [0, 0.1) is 0 Å². The van der Waals surface area contributed by atoms with E-state index in [0.717, 1.165) is 0 Å². The summed E-state index contributed by atoms with van der Waals surface area (Å²) in [5.41, 5.74) is 1.00. The van der Waals surface area contributed by atoms with Crippen LogP contribution in [-0.4, -0.2) is 22.5 Å². The van der Waals surface area contributed by atoms with Crippen LogP contribution >= 0.6 is 34.8 Å². The average molecular weight is 440 g/mol. The summed E-state index contributed by atoms with van der Waals surface area (Å²) < 4.78 is 5.39. The van der Waals surface area contributed by atoms with Crippen LogP contribution in [0.3, 0.4) is 0 Å². The van der Waals surface area contributed by atoms with Gasteiger partial charge in [0.15, 0.2) is 0 Å². The molecular weight excluding hydrogens is 423 g/mol. The fourth-order valence-electron chi connectivity index (χ4n) is 2.72. The molecule has 5 nitrogen and oxygen atoms in total. The molecule has 1 aromatic heterocycles. The molecule has 0 saturated carbocycles. The molecular formula is C20H17Cl3N2O3. The van der Waals surface area contributed by atoms with Gasteiger partial charge in [0.1, 0.15) is 11.5 Å². The molecule has 146 valence electrons. The van der Waals surface area contributed by atoms with Gasteiger partial charge >= 0.3 is 0 Å². The smallest absolute Gasteiger partial charge is 0.238 e. The molecule has 8 heteroatoms. The largest absolute Gasteiger partial charge is 0.508 e. The Morgan fingerprint density at radius 2 is 1.75 bits per heavy atom. The Balaban J connectivity index is 1.75. The number of phenols is 1. The van der Waals surface area contributed by atoms with E-state index < -0.39 is 0 Å². The van der Waals surface area contributed by atoms with Crippen molar-refractivity contribution < 1.29 is 14.3 Å². The van der Waals surface area contributed by atoms with Crippen molar-refractivity contribution in [2.75, 3.05) is 11.9 Å². The van der Waals surface area contributed by atoms with Crippen LogP contribution in [0.25, 0.3) is 0 Å². The van der Waals surface area contributed by atoms with Gasteiger partial charge in [-0.15, -0.1) is 0 Å². The highest BCUT2D eigenvalue weighted by atomic mass is 35.5. The number of aromatic hydroxyl groups is 1. The minimum Gasteiger partial charge on any atom is -0.508 e. The molecule has 1 heterocycles. The van der Waals surface area contributed by atoms with Crippen molar-refractivity contribution in [1.82, 2.24) is 4.90 Å². The number of anilines is 1. The number of benzene rings is 2. The van der Waals surface area contributed by atoms with Crippen LogP contribution in [0.5, 0.6) is 5.75 Å². The molecule has 3 aromatic rings. The van der Waals surface area contributed by atoms with E-state index in [1.54, 1.807) is 30.5 Å².